The summed E-state index contributed by atoms with van der Waals surface area (Å²) in [5.41, 5.74) is 0.585. The van der Waals surface area contributed by atoms with Crippen LogP contribution in [0.4, 0.5) is 5.95 Å². The maximum atomic E-state index is 12.4. The topological polar surface area (TPSA) is 110 Å². The predicted octanol–water partition coefficient (Wildman–Crippen LogP) is 0.602. The number of aryl methyl sites for hydroxylation is 2. The van der Waals surface area contributed by atoms with Crippen LogP contribution in [0.2, 0.25) is 0 Å². The molecule has 0 aliphatic heterocycles. The third-order valence-electron chi connectivity index (χ3n) is 2.66. The van der Waals surface area contributed by atoms with Crippen molar-refractivity contribution in [1.29, 1.82) is 0 Å². The van der Waals surface area contributed by atoms with Crippen molar-refractivity contribution in [2.45, 2.75) is 25.3 Å². The first-order valence-corrected chi connectivity index (χ1v) is 7.34. The molecule has 8 nitrogen and oxygen atoms in total. The third-order valence-corrected chi connectivity index (χ3v) is 4.18. The lowest BCUT2D eigenvalue weighted by Gasteiger charge is -2.07. The van der Waals surface area contributed by atoms with E-state index in [1.165, 1.54) is 12.4 Å². The Morgan fingerprint density at radius 1 is 1.25 bits per heavy atom. The zero-order valence-corrected chi connectivity index (χ0v) is 12.2. The molecule has 0 bridgehead atoms. The lowest BCUT2D eigenvalue weighted by molar-refractivity contribution is 0.494. The lowest BCUT2D eigenvalue weighted by atomic mass is 10.2. The van der Waals surface area contributed by atoms with E-state index >= 15 is 0 Å². The number of nitrogens with zero attached hydrogens (tertiary/aromatic N) is 3. The van der Waals surface area contributed by atoms with Crippen LogP contribution in [-0.2, 0) is 16.6 Å². The van der Waals surface area contributed by atoms with Gasteiger partial charge in [0.1, 0.15) is 16.4 Å². The van der Waals surface area contributed by atoms with E-state index in [4.69, 9.17) is 4.42 Å². The van der Waals surface area contributed by atoms with Crippen LogP contribution < -0.4 is 10.0 Å². The highest BCUT2D eigenvalue weighted by molar-refractivity contribution is 7.92. The average Bonchev–Trinajstić information content (AvgIpc) is 2.66. The Kier molecular flexibility index (Phi) is 4.00. The number of furan rings is 1. The van der Waals surface area contributed by atoms with Gasteiger partial charge in [-0.05, 0) is 20.9 Å². The van der Waals surface area contributed by atoms with Crippen molar-refractivity contribution >= 4 is 16.0 Å². The second kappa shape index (κ2) is 5.55. The fraction of sp³-hybridized carbons (Fsp3) is 0.364. The Balaban J connectivity index is 2.44. The number of aromatic nitrogens is 3. The Morgan fingerprint density at radius 2 is 2.00 bits per heavy atom. The molecular weight excluding hydrogens is 282 g/mol. The molecule has 0 atom stereocenters. The Labute approximate surface area is 116 Å². The summed E-state index contributed by atoms with van der Waals surface area (Å²) >= 11 is 0. The molecule has 2 rings (SSSR count). The number of hydrogen-bond acceptors (Lipinski definition) is 7. The van der Waals surface area contributed by atoms with Crippen molar-refractivity contribution in [3.8, 4) is 0 Å². The van der Waals surface area contributed by atoms with Crippen molar-refractivity contribution in [1.82, 2.24) is 20.5 Å². The van der Waals surface area contributed by atoms with Gasteiger partial charge in [-0.25, -0.2) is 18.1 Å². The van der Waals surface area contributed by atoms with Gasteiger partial charge < -0.3 is 9.73 Å². The van der Waals surface area contributed by atoms with Crippen LogP contribution in [0.15, 0.2) is 21.7 Å². The minimum Gasteiger partial charge on any atom is -0.465 e. The van der Waals surface area contributed by atoms with E-state index in [1.54, 1.807) is 20.9 Å². The molecule has 0 amide bonds. The molecule has 0 saturated carbocycles. The summed E-state index contributed by atoms with van der Waals surface area (Å²) in [6.45, 7) is 3.71. The number of nitrogens with one attached hydrogen (secondary N) is 2. The highest BCUT2D eigenvalue weighted by Crippen LogP contribution is 2.27. The molecule has 0 fully saturated rings. The SMILES string of the molecule is CNCc1c(C)oc(C)c1S(=O)(=O)Nc1nccnn1. The van der Waals surface area contributed by atoms with E-state index < -0.39 is 10.0 Å². The minimum atomic E-state index is -3.82. The first-order chi connectivity index (χ1) is 9.45. The van der Waals surface area contributed by atoms with E-state index in [2.05, 4.69) is 25.2 Å². The van der Waals surface area contributed by atoms with Crippen molar-refractivity contribution < 1.29 is 12.8 Å². The summed E-state index contributed by atoms with van der Waals surface area (Å²) in [6, 6.07) is 0. The summed E-state index contributed by atoms with van der Waals surface area (Å²) in [5, 5.41) is 10.1. The molecule has 2 heterocycles. The van der Waals surface area contributed by atoms with Crippen LogP contribution in [0, 0.1) is 13.8 Å². The van der Waals surface area contributed by atoms with E-state index in [0.717, 1.165) is 0 Å². The fourth-order valence-corrected chi connectivity index (χ4v) is 3.30. The number of hydrogen-bond donors (Lipinski definition) is 2. The Hall–Kier alpha value is -2.00. The average molecular weight is 297 g/mol. The molecule has 0 aliphatic carbocycles. The largest absolute Gasteiger partial charge is 0.465 e. The van der Waals surface area contributed by atoms with Crippen molar-refractivity contribution in [3.05, 3.63) is 29.5 Å². The molecule has 9 heteroatoms. The van der Waals surface area contributed by atoms with Gasteiger partial charge in [-0.2, -0.15) is 5.10 Å². The highest BCUT2D eigenvalue weighted by atomic mass is 32.2. The third kappa shape index (κ3) is 2.78. The van der Waals surface area contributed by atoms with Crippen LogP contribution in [0.1, 0.15) is 17.1 Å². The van der Waals surface area contributed by atoms with Crippen LogP contribution in [0.3, 0.4) is 0 Å². The number of sulfonamides is 1. The molecule has 20 heavy (non-hydrogen) atoms. The second-order valence-corrected chi connectivity index (χ2v) is 5.74. The predicted molar refractivity (Wildman–Crippen MR) is 71.6 cm³/mol. The molecular formula is C11H15N5O3S. The van der Waals surface area contributed by atoms with Gasteiger partial charge in [-0.15, -0.1) is 5.10 Å². The first kappa shape index (κ1) is 14.4. The quantitative estimate of drug-likeness (QED) is 0.831. The minimum absolute atomic E-state index is 0.0823. The zero-order valence-electron chi connectivity index (χ0n) is 11.3. The molecule has 2 aromatic rings. The maximum Gasteiger partial charge on any atom is 0.268 e. The van der Waals surface area contributed by atoms with Gasteiger partial charge in [0, 0.05) is 12.1 Å². The molecule has 0 radical (unpaired) electrons. The molecule has 108 valence electrons. The van der Waals surface area contributed by atoms with Gasteiger partial charge in [-0.1, -0.05) is 0 Å². The van der Waals surface area contributed by atoms with Gasteiger partial charge in [0.15, 0.2) is 0 Å². The Morgan fingerprint density at radius 3 is 2.60 bits per heavy atom. The monoisotopic (exact) mass is 297 g/mol. The number of rotatable bonds is 5. The van der Waals surface area contributed by atoms with Crippen LogP contribution in [-0.4, -0.2) is 30.6 Å². The van der Waals surface area contributed by atoms with Crippen LogP contribution >= 0.6 is 0 Å². The molecule has 2 aromatic heterocycles. The van der Waals surface area contributed by atoms with Gasteiger partial charge in [0.2, 0.25) is 0 Å². The van der Waals surface area contributed by atoms with Gasteiger partial charge in [-0.3, -0.25) is 0 Å². The summed E-state index contributed by atoms with van der Waals surface area (Å²) in [5.74, 6) is 0.801. The molecule has 0 spiro atoms. The van der Waals surface area contributed by atoms with E-state index in [-0.39, 0.29) is 10.8 Å². The Bertz CT molecular complexity index is 696. The maximum absolute atomic E-state index is 12.4. The van der Waals surface area contributed by atoms with Gasteiger partial charge in [0.05, 0.1) is 12.4 Å². The van der Waals surface area contributed by atoms with Crippen molar-refractivity contribution in [3.63, 3.8) is 0 Å². The van der Waals surface area contributed by atoms with Crippen molar-refractivity contribution in [2.24, 2.45) is 0 Å². The second-order valence-electron chi connectivity index (χ2n) is 4.12. The normalized spacial score (nSPS) is 11.6. The van der Waals surface area contributed by atoms with E-state index in [1.807, 2.05) is 0 Å². The van der Waals surface area contributed by atoms with Crippen LogP contribution in [0.25, 0.3) is 0 Å². The van der Waals surface area contributed by atoms with E-state index in [0.29, 0.717) is 23.6 Å². The fourth-order valence-electron chi connectivity index (χ4n) is 1.91. The molecule has 0 aliphatic rings. The molecule has 2 N–H and O–H groups in total. The lowest BCUT2D eigenvalue weighted by Crippen LogP contribution is -2.18. The molecule has 0 aromatic carbocycles. The van der Waals surface area contributed by atoms with Gasteiger partial charge >= 0.3 is 0 Å². The van der Waals surface area contributed by atoms with Crippen molar-refractivity contribution in [2.75, 3.05) is 11.8 Å². The summed E-state index contributed by atoms with van der Waals surface area (Å²) in [6.07, 6.45) is 2.71. The standard InChI is InChI=1S/C11H15N5O3S/c1-7-9(6-12-3)10(8(2)19-7)20(17,18)16-11-13-4-5-14-15-11/h4-5,12H,6H2,1-3H3,(H,13,15,16). The zero-order chi connectivity index (χ0) is 14.8. The molecule has 0 unspecified atom stereocenters. The highest BCUT2D eigenvalue weighted by Gasteiger charge is 2.27. The number of anilines is 1. The summed E-state index contributed by atoms with van der Waals surface area (Å²) in [7, 11) is -2.09. The smallest absolute Gasteiger partial charge is 0.268 e. The first-order valence-electron chi connectivity index (χ1n) is 5.85. The van der Waals surface area contributed by atoms with Gasteiger partial charge in [0.25, 0.3) is 16.0 Å². The summed E-state index contributed by atoms with van der Waals surface area (Å²) < 4.78 is 32.5. The van der Waals surface area contributed by atoms with Crippen LogP contribution in [0.5, 0.6) is 0 Å². The molecule has 0 saturated heterocycles. The van der Waals surface area contributed by atoms with E-state index in [9.17, 15) is 8.42 Å². The summed E-state index contributed by atoms with van der Waals surface area (Å²) in [4.78, 5) is 3.90.